The van der Waals surface area contributed by atoms with Crippen molar-refractivity contribution in [2.24, 2.45) is 0 Å². The fourth-order valence-electron chi connectivity index (χ4n) is 1.21. The zero-order valence-corrected chi connectivity index (χ0v) is 10.3. The van der Waals surface area contributed by atoms with Gasteiger partial charge in [0.05, 0.1) is 5.60 Å². The van der Waals surface area contributed by atoms with Crippen molar-refractivity contribution >= 4 is 11.6 Å². The van der Waals surface area contributed by atoms with Crippen LogP contribution in [0.25, 0.3) is 0 Å². The Kier molecular flexibility index (Phi) is 4.58. The molecular weight excluding hydrogens is 210 g/mol. The maximum atomic E-state index is 6.04. The predicted octanol–water partition coefficient (Wildman–Crippen LogP) is 2.85. The van der Waals surface area contributed by atoms with Crippen LogP contribution in [0.5, 0.6) is 0 Å². The second-order valence-corrected chi connectivity index (χ2v) is 4.57. The van der Waals surface area contributed by atoms with Gasteiger partial charge in [-0.1, -0.05) is 29.8 Å². The van der Waals surface area contributed by atoms with E-state index in [0.717, 1.165) is 23.7 Å². The topological polar surface area (TPSA) is 21.3 Å². The highest BCUT2D eigenvalue weighted by Crippen LogP contribution is 2.14. The molecule has 3 heteroatoms. The van der Waals surface area contributed by atoms with Crippen LogP contribution in [0, 0.1) is 0 Å². The molecule has 2 nitrogen and oxygen atoms in total. The van der Waals surface area contributed by atoms with Crippen molar-refractivity contribution < 1.29 is 4.74 Å². The zero-order chi connectivity index (χ0) is 11.3. The maximum absolute atomic E-state index is 6.04. The summed E-state index contributed by atoms with van der Waals surface area (Å²) in [5, 5.41) is 4.13. The Morgan fingerprint density at radius 3 is 2.60 bits per heavy atom. The quantitative estimate of drug-likeness (QED) is 0.835. The van der Waals surface area contributed by atoms with Crippen LogP contribution in [0.1, 0.15) is 19.4 Å². The van der Waals surface area contributed by atoms with Gasteiger partial charge in [0, 0.05) is 25.2 Å². The van der Waals surface area contributed by atoms with Gasteiger partial charge in [0.1, 0.15) is 0 Å². The summed E-state index contributed by atoms with van der Waals surface area (Å²) in [5.41, 5.74) is 0.979. The molecule has 0 radical (unpaired) electrons. The van der Waals surface area contributed by atoms with E-state index in [9.17, 15) is 0 Å². The molecule has 0 unspecified atom stereocenters. The Balaban J connectivity index is 2.42. The molecule has 1 aromatic carbocycles. The van der Waals surface area contributed by atoms with Gasteiger partial charge in [-0.3, -0.25) is 0 Å². The lowest BCUT2D eigenvalue weighted by Gasteiger charge is -2.23. The van der Waals surface area contributed by atoms with E-state index in [-0.39, 0.29) is 5.60 Å². The van der Waals surface area contributed by atoms with E-state index in [4.69, 9.17) is 16.3 Å². The first-order chi connectivity index (χ1) is 7.05. The molecule has 0 aromatic heterocycles. The first-order valence-corrected chi connectivity index (χ1v) is 5.42. The molecular formula is C12H18ClNO. The molecule has 1 N–H and O–H groups in total. The molecule has 1 rings (SSSR count). The van der Waals surface area contributed by atoms with Gasteiger partial charge in [-0.05, 0) is 25.5 Å². The van der Waals surface area contributed by atoms with Gasteiger partial charge >= 0.3 is 0 Å². The summed E-state index contributed by atoms with van der Waals surface area (Å²) in [5.74, 6) is 0. The first kappa shape index (κ1) is 12.5. The van der Waals surface area contributed by atoms with E-state index in [1.54, 1.807) is 7.11 Å². The summed E-state index contributed by atoms with van der Waals surface area (Å²) in [4.78, 5) is 0. The second kappa shape index (κ2) is 5.50. The Hall–Kier alpha value is -0.570. The largest absolute Gasteiger partial charge is 0.377 e. The molecule has 0 saturated carbocycles. The highest BCUT2D eigenvalue weighted by molar-refractivity contribution is 6.31. The normalized spacial score (nSPS) is 11.7. The van der Waals surface area contributed by atoms with Gasteiger partial charge in [0.15, 0.2) is 0 Å². The number of halogens is 1. The lowest BCUT2D eigenvalue weighted by atomic mass is 10.1. The molecule has 0 saturated heterocycles. The molecule has 0 aliphatic rings. The minimum absolute atomic E-state index is 0.138. The van der Waals surface area contributed by atoms with Crippen molar-refractivity contribution in [3.05, 3.63) is 34.9 Å². The number of hydrogen-bond donors (Lipinski definition) is 1. The summed E-state index contributed by atoms with van der Waals surface area (Å²) in [6, 6.07) is 7.85. The molecule has 0 aliphatic heterocycles. The summed E-state index contributed by atoms with van der Waals surface area (Å²) in [7, 11) is 1.72. The SMILES string of the molecule is COC(C)(C)CNCc1ccccc1Cl. The van der Waals surface area contributed by atoms with Gasteiger partial charge in [-0.2, -0.15) is 0 Å². The Bertz CT molecular complexity index is 312. The van der Waals surface area contributed by atoms with Crippen LogP contribution in [-0.4, -0.2) is 19.3 Å². The van der Waals surface area contributed by atoms with Crippen LogP contribution < -0.4 is 5.32 Å². The average Bonchev–Trinajstić information content (AvgIpc) is 2.21. The maximum Gasteiger partial charge on any atom is 0.0746 e. The second-order valence-electron chi connectivity index (χ2n) is 4.16. The van der Waals surface area contributed by atoms with Crippen LogP contribution in [0.2, 0.25) is 5.02 Å². The van der Waals surface area contributed by atoms with E-state index in [0.29, 0.717) is 0 Å². The summed E-state index contributed by atoms with van der Waals surface area (Å²) < 4.78 is 5.31. The van der Waals surface area contributed by atoms with Crippen molar-refractivity contribution in [3.63, 3.8) is 0 Å². The highest BCUT2D eigenvalue weighted by Gasteiger charge is 2.15. The number of methoxy groups -OCH3 is 1. The van der Waals surface area contributed by atoms with E-state index in [1.165, 1.54) is 0 Å². The van der Waals surface area contributed by atoms with Gasteiger partial charge in [0.2, 0.25) is 0 Å². The fourth-order valence-corrected chi connectivity index (χ4v) is 1.41. The van der Waals surface area contributed by atoms with Crippen molar-refractivity contribution in [3.8, 4) is 0 Å². The van der Waals surface area contributed by atoms with Crippen LogP contribution in [0.15, 0.2) is 24.3 Å². The first-order valence-electron chi connectivity index (χ1n) is 5.04. The fraction of sp³-hybridized carbons (Fsp3) is 0.500. The van der Waals surface area contributed by atoms with Gasteiger partial charge in [0.25, 0.3) is 0 Å². The van der Waals surface area contributed by atoms with E-state index in [1.807, 2.05) is 38.1 Å². The van der Waals surface area contributed by atoms with Crippen LogP contribution in [0.4, 0.5) is 0 Å². The van der Waals surface area contributed by atoms with E-state index < -0.39 is 0 Å². The molecule has 0 aliphatic carbocycles. The van der Waals surface area contributed by atoms with Crippen LogP contribution >= 0.6 is 11.6 Å². The average molecular weight is 228 g/mol. The Morgan fingerprint density at radius 2 is 2.00 bits per heavy atom. The van der Waals surface area contributed by atoms with Gasteiger partial charge in [-0.25, -0.2) is 0 Å². The number of nitrogens with one attached hydrogen (secondary N) is 1. The molecule has 0 amide bonds. The summed E-state index contributed by atoms with van der Waals surface area (Å²) >= 11 is 6.04. The molecule has 0 atom stereocenters. The molecule has 1 aromatic rings. The lowest BCUT2D eigenvalue weighted by molar-refractivity contribution is 0.0231. The minimum atomic E-state index is -0.138. The zero-order valence-electron chi connectivity index (χ0n) is 9.51. The lowest BCUT2D eigenvalue weighted by Crippen LogP contribution is -2.36. The van der Waals surface area contributed by atoms with Crippen molar-refractivity contribution in [2.45, 2.75) is 26.0 Å². The minimum Gasteiger partial charge on any atom is -0.377 e. The monoisotopic (exact) mass is 227 g/mol. The Morgan fingerprint density at radius 1 is 1.33 bits per heavy atom. The standard InChI is InChI=1S/C12H18ClNO/c1-12(2,15-3)9-14-8-10-6-4-5-7-11(10)13/h4-7,14H,8-9H2,1-3H3. The smallest absolute Gasteiger partial charge is 0.0746 e. The highest BCUT2D eigenvalue weighted by atomic mass is 35.5. The third-order valence-electron chi connectivity index (χ3n) is 2.38. The Labute approximate surface area is 96.6 Å². The van der Waals surface area contributed by atoms with E-state index in [2.05, 4.69) is 5.32 Å². The van der Waals surface area contributed by atoms with Crippen LogP contribution in [-0.2, 0) is 11.3 Å². The molecule has 0 fully saturated rings. The number of rotatable bonds is 5. The van der Waals surface area contributed by atoms with Crippen LogP contribution in [0.3, 0.4) is 0 Å². The third kappa shape index (κ3) is 4.20. The third-order valence-corrected chi connectivity index (χ3v) is 2.75. The number of benzene rings is 1. The molecule has 0 spiro atoms. The van der Waals surface area contributed by atoms with Gasteiger partial charge in [-0.15, -0.1) is 0 Å². The molecule has 0 bridgehead atoms. The number of hydrogen-bond acceptors (Lipinski definition) is 2. The molecule has 0 heterocycles. The summed E-state index contributed by atoms with van der Waals surface area (Å²) in [6.07, 6.45) is 0. The molecule has 15 heavy (non-hydrogen) atoms. The predicted molar refractivity (Wildman–Crippen MR) is 64.2 cm³/mol. The molecule has 84 valence electrons. The van der Waals surface area contributed by atoms with Gasteiger partial charge < -0.3 is 10.1 Å². The van der Waals surface area contributed by atoms with Crippen molar-refractivity contribution in [1.29, 1.82) is 0 Å². The van der Waals surface area contributed by atoms with Crippen molar-refractivity contribution in [1.82, 2.24) is 5.32 Å². The summed E-state index contributed by atoms with van der Waals surface area (Å²) in [6.45, 7) is 5.67. The van der Waals surface area contributed by atoms with Crippen molar-refractivity contribution in [2.75, 3.05) is 13.7 Å². The number of ether oxygens (including phenoxy) is 1. The van der Waals surface area contributed by atoms with E-state index >= 15 is 0 Å².